The normalized spacial score (nSPS) is 12.8. The van der Waals surface area contributed by atoms with E-state index in [1.54, 1.807) is 24.3 Å². The lowest BCUT2D eigenvalue weighted by Crippen LogP contribution is -2.43. The zero-order valence-electron chi connectivity index (χ0n) is 20.5. The van der Waals surface area contributed by atoms with Crippen LogP contribution in [0.25, 0.3) is 0 Å². The second-order valence-corrected chi connectivity index (χ2v) is 10.9. The van der Waals surface area contributed by atoms with Gasteiger partial charge in [-0.1, -0.05) is 65.8 Å². The van der Waals surface area contributed by atoms with E-state index in [2.05, 4.69) is 24.6 Å². The minimum Gasteiger partial charge on any atom is -0.468 e. The molecule has 1 N–H and O–H groups in total. The number of benzene rings is 2. The summed E-state index contributed by atoms with van der Waals surface area (Å²) in [5.41, 5.74) is 3.64. The first-order valence-corrected chi connectivity index (χ1v) is 12.7. The van der Waals surface area contributed by atoms with Gasteiger partial charge in [0.1, 0.15) is 6.04 Å². The van der Waals surface area contributed by atoms with E-state index in [4.69, 9.17) is 10.00 Å². The molecule has 0 amide bonds. The van der Waals surface area contributed by atoms with Gasteiger partial charge in [-0.3, -0.25) is 4.79 Å². The third-order valence-corrected chi connectivity index (χ3v) is 7.23. The lowest BCUT2D eigenvalue weighted by atomic mass is 9.89. The molecule has 0 radical (unpaired) electrons. The standard InChI is InChI=1S/C26H34N2O4S/c1-16(2)21-13-22(17(3)4)25(23(14-21)18(5)6)33(30,31)28-24(26(29)32-7)12-19-9-8-10-20(11-19)15-27/h8-11,13-14,16-18,24,28H,12H2,1-7H3. The largest absolute Gasteiger partial charge is 0.468 e. The molecule has 2 aromatic carbocycles. The lowest BCUT2D eigenvalue weighted by Gasteiger charge is -2.24. The zero-order chi connectivity index (χ0) is 24.9. The molecule has 2 rings (SSSR count). The van der Waals surface area contributed by atoms with Crippen molar-refractivity contribution in [2.45, 2.75) is 76.7 Å². The maximum absolute atomic E-state index is 13.7. The summed E-state index contributed by atoms with van der Waals surface area (Å²) in [6.07, 6.45) is 0.0690. The SMILES string of the molecule is COC(=O)C(Cc1cccc(C#N)c1)NS(=O)(=O)c1c(C(C)C)cc(C(C)C)cc1C(C)C. The summed E-state index contributed by atoms with van der Waals surface area (Å²) in [7, 11) is -2.83. The fourth-order valence-corrected chi connectivity index (χ4v) is 5.65. The van der Waals surface area contributed by atoms with Crippen molar-refractivity contribution >= 4 is 16.0 Å². The number of hydrogen-bond acceptors (Lipinski definition) is 5. The van der Waals surface area contributed by atoms with E-state index in [0.717, 1.165) is 16.7 Å². The van der Waals surface area contributed by atoms with Crippen molar-refractivity contribution < 1.29 is 17.9 Å². The number of rotatable bonds is 9. The number of nitriles is 1. The summed E-state index contributed by atoms with van der Waals surface area (Å²) in [4.78, 5) is 12.8. The molecule has 33 heavy (non-hydrogen) atoms. The maximum Gasteiger partial charge on any atom is 0.324 e. The van der Waals surface area contributed by atoms with Gasteiger partial charge in [0.15, 0.2) is 0 Å². The van der Waals surface area contributed by atoms with Gasteiger partial charge >= 0.3 is 5.97 Å². The molecule has 0 bridgehead atoms. The van der Waals surface area contributed by atoms with Gasteiger partial charge in [0.25, 0.3) is 0 Å². The van der Waals surface area contributed by atoms with Gasteiger partial charge in [-0.15, -0.1) is 0 Å². The Balaban J connectivity index is 2.60. The summed E-state index contributed by atoms with van der Waals surface area (Å²) in [6, 6.07) is 11.6. The predicted molar refractivity (Wildman–Crippen MR) is 130 cm³/mol. The highest BCUT2D eigenvalue weighted by Crippen LogP contribution is 2.35. The molecule has 6 nitrogen and oxygen atoms in total. The number of hydrogen-bond donors (Lipinski definition) is 1. The molecule has 2 aromatic rings. The Labute approximate surface area is 198 Å². The molecule has 1 unspecified atom stereocenters. The smallest absolute Gasteiger partial charge is 0.324 e. The zero-order valence-corrected chi connectivity index (χ0v) is 21.3. The van der Waals surface area contributed by atoms with E-state index >= 15 is 0 Å². The van der Waals surface area contributed by atoms with E-state index < -0.39 is 22.0 Å². The van der Waals surface area contributed by atoms with Gasteiger partial charge in [-0.2, -0.15) is 9.98 Å². The highest BCUT2D eigenvalue weighted by molar-refractivity contribution is 7.89. The minimum atomic E-state index is -4.06. The molecule has 0 aliphatic heterocycles. The van der Waals surface area contributed by atoms with Gasteiger partial charge in [-0.05, 0) is 58.6 Å². The Kier molecular flexibility index (Phi) is 8.82. The van der Waals surface area contributed by atoms with Crippen LogP contribution >= 0.6 is 0 Å². The molecule has 0 heterocycles. The predicted octanol–water partition coefficient (Wildman–Crippen LogP) is 4.99. The molecular formula is C26H34N2O4S. The quantitative estimate of drug-likeness (QED) is 0.521. The number of carbonyl (C=O) groups excluding carboxylic acids is 1. The third kappa shape index (κ3) is 6.43. The van der Waals surface area contributed by atoms with E-state index in [9.17, 15) is 13.2 Å². The van der Waals surface area contributed by atoms with Gasteiger partial charge in [0, 0.05) is 0 Å². The van der Waals surface area contributed by atoms with Crippen LogP contribution in [0.1, 0.15) is 87.1 Å². The highest BCUT2D eigenvalue weighted by atomic mass is 32.2. The number of nitrogens with zero attached hydrogens (tertiary/aromatic N) is 1. The number of methoxy groups -OCH3 is 1. The first kappa shape index (κ1) is 26.6. The summed E-state index contributed by atoms with van der Waals surface area (Å²) >= 11 is 0. The minimum absolute atomic E-state index is 0.0309. The molecule has 0 aromatic heterocycles. The summed E-state index contributed by atoms with van der Waals surface area (Å²) < 4.78 is 35.0. The van der Waals surface area contributed by atoms with Crippen LogP contribution in [0.4, 0.5) is 0 Å². The van der Waals surface area contributed by atoms with E-state index in [0.29, 0.717) is 11.1 Å². The van der Waals surface area contributed by atoms with Crippen LogP contribution in [0.15, 0.2) is 41.3 Å². The summed E-state index contributed by atoms with van der Waals surface area (Å²) in [5, 5.41) is 9.16. The van der Waals surface area contributed by atoms with Crippen LogP contribution in [0, 0.1) is 11.3 Å². The van der Waals surface area contributed by atoms with Gasteiger partial charge in [0.05, 0.1) is 23.6 Å². The fourth-order valence-electron chi connectivity index (χ4n) is 3.77. The first-order chi connectivity index (χ1) is 15.4. The van der Waals surface area contributed by atoms with Crippen molar-refractivity contribution in [2.75, 3.05) is 7.11 Å². The highest BCUT2D eigenvalue weighted by Gasteiger charge is 2.32. The third-order valence-electron chi connectivity index (χ3n) is 5.63. The second-order valence-electron chi connectivity index (χ2n) is 9.21. The molecule has 0 aliphatic rings. The van der Waals surface area contributed by atoms with Crippen LogP contribution in [0.2, 0.25) is 0 Å². The Bertz CT molecular complexity index is 1120. The topological polar surface area (TPSA) is 96.3 Å². The molecule has 0 saturated heterocycles. The van der Waals surface area contributed by atoms with E-state index in [-0.39, 0.29) is 29.1 Å². The number of sulfonamides is 1. The number of carbonyl (C=O) groups is 1. The van der Waals surface area contributed by atoms with Crippen LogP contribution in [-0.2, 0) is 26.0 Å². The molecule has 178 valence electrons. The Morgan fingerprint density at radius 2 is 1.58 bits per heavy atom. The van der Waals surface area contributed by atoms with Crippen molar-refractivity contribution in [2.24, 2.45) is 0 Å². The first-order valence-electron chi connectivity index (χ1n) is 11.2. The summed E-state index contributed by atoms with van der Waals surface area (Å²) in [5.74, 6) is -0.495. The molecule has 0 aliphatic carbocycles. The lowest BCUT2D eigenvalue weighted by molar-refractivity contribution is -0.142. The average molecular weight is 471 g/mol. The van der Waals surface area contributed by atoms with Gasteiger partial charge < -0.3 is 4.74 Å². The van der Waals surface area contributed by atoms with Gasteiger partial charge in [-0.25, -0.2) is 8.42 Å². The van der Waals surface area contributed by atoms with E-state index in [1.165, 1.54) is 7.11 Å². The van der Waals surface area contributed by atoms with Crippen LogP contribution in [-0.4, -0.2) is 27.5 Å². The van der Waals surface area contributed by atoms with Crippen LogP contribution in [0.3, 0.4) is 0 Å². The Morgan fingerprint density at radius 3 is 2.03 bits per heavy atom. The Hall–Kier alpha value is -2.69. The second kappa shape index (κ2) is 11.0. The summed E-state index contributed by atoms with van der Waals surface area (Å²) in [6.45, 7) is 12.0. The molecule has 0 fully saturated rings. The maximum atomic E-state index is 13.7. The molecule has 7 heteroatoms. The number of esters is 1. The molecular weight excluding hydrogens is 436 g/mol. The fraction of sp³-hybridized carbons (Fsp3) is 0.462. The van der Waals surface area contributed by atoms with Crippen molar-refractivity contribution in [3.63, 3.8) is 0 Å². The van der Waals surface area contributed by atoms with Gasteiger partial charge in [0.2, 0.25) is 10.0 Å². The van der Waals surface area contributed by atoms with Crippen molar-refractivity contribution in [3.8, 4) is 6.07 Å². The Morgan fingerprint density at radius 1 is 1.00 bits per heavy atom. The monoisotopic (exact) mass is 470 g/mol. The van der Waals surface area contributed by atoms with Crippen LogP contribution < -0.4 is 4.72 Å². The molecule has 1 atom stereocenters. The van der Waals surface area contributed by atoms with Crippen molar-refractivity contribution in [1.82, 2.24) is 4.72 Å². The number of ether oxygens (including phenoxy) is 1. The average Bonchev–Trinajstić information content (AvgIpc) is 2.76. The van der Waals surface area contributed by atoms with Crippen LogP contribution in [0.5, 0.6) is 0 Å². The van der Waals surface area contributed by atoms with E-state index in [1.807, 2.05) is 39.8 Å². The van der Waals surface area contributed by atoms with Crippen molar-refractivity contribution in [3.05, 3.63) is 64.2 Å². The number of nitrogens with one attached hydrogen (secondary N) is 1. The van der Waals surface area contributed by atoms with Crippen molar-refractivity contribution in [1.29, 1.82) is 5.26 Å². The molecule has 0 spiro atoms. The molecule has 0 saturated carbocycles.